The molecule has 6 heterocycles. The van der Waals surface area contributed by atoms with E-state index >= 15 is 0 Å². The van der Waals surface area contributed by atoms with Gasteiger partial charge >= 0.3 is 0 Å². The molecule has 10 rings (SSSR count). The molecule has 0 aliphatic heterocycles. The van der Waals surface area contributed by atoms with Crippen molar-refractivity contribution in [3.05, 3.63) is 279 Å². The predicted molar refractivity (Wildman–Crippen MR) is 322 cm³/mol. The molecule has 0 saturated heterocycles. The molecule has 0 fully saturated rings. The van der Waals surface area contributed by atoms with Gasteiger partial charge in [0.1, 0.15) is 11.6 Å². The molecule has 420 valence electrons. The van der Waals surface area contributed by atoms with E-state index in [2.05, 4.69) is 104 Å². The van der Waals surface area contributed by atoms with Gasteiger partial charge in [-0.1, -0.05) is 72.8 Å². The number of hydrogen-bond donors (Lipinski definition) is 6. The first-order valence-electron chi connectivity index (χ1n) is 27.8. The molecule has 0 aliphatic carbocycles. The van der Waals surface area contributed by atoms with E-state index in [1.54, 1.807) is 52.0 Å². The maximum atomic E-state index is 13.9. The Morgan fingerprint density at radius 2 is 0.561 bits per heavy atom. The Balaban J connectivity index is 0.000000198. The minimum Gasteiger partial charge on any atom is -0.361 e. The first-order chi connectivity index (χ1) is 39.0. The van der Waals surface area contributed by atoms with Gasteiger partial charge in [0, 0.05) is 90.6 Å². The van der Waals surface area contributed by atoms with Crippen molar-refractivity contribution in [1.82, 2.24) is 29.9 Å². The summed E-state index contributed by atoms with van der Waals surface area (Å²) in [5.41, 5.74) is 23.7. The fourth-order valence-corrected chi connectivity index (χ4v) is 13.0. The zero-order valence-corrected chi connectivity index (χ0v) is 49.2. The van der Waals surface area contributed by atoms with Crippen LogP contribution in [0.1, 0.15) is 217 Å². The fraction of sp³-hybridized carbons (Fsp3) is 0.257. The van der Waals surface area contributed by atoms with E-state index in [1.807, 2.05) is 67.5 Å². The topological polar surface area (TPSA) is 163 Å². The summed E-state index contributed by atoms with van der Waals surface area (Å²) in [6, 6.07) is 37.9. The van der Waals surface area contributed by atoms with E-state index in [0.717, 1.165) is 113 Å². The third-order valence-electron chi connectivity index (χ3n) is 16.6. The minimum atomic E-state index is -0.343. The van der Waals surface area contributed by atoms with E-state index in [0.29, 0.717) is 11.1 Å². The van der Waals surface area contributed by atoms with Crippen molar-refractivity contribution in [3.63, 3.8) is 0 Å². The van der Waals surface area contributed by atoms with Gasteiger partial charge in [0.05, 0.1) is 23.7 Å². The van der Waals surface area contributed by atoms with Crippen LogP contribution >= 0.6 is 0 Å². The van der Waals surface area contributed by atoms with Crippen LogP contribution in [-0.4, -0.2) is 53.0 Å². The number of halogens is 2. The quantitative estimate of drug-likeness (QED) is 0.0531. The van der Waals surface area contributed by atoms with Crippen LogP contribution in [0.2, 0.25) is 0 Å². The molecular weight excluding hydrogens is 1030 g/mol. The summed E-state index contributed by atoms with van der Waals surface area (Å²) in [5, 5.41) is 0. The van der Waals surface area contributed by atoms with Crippen LogP contribution in [0.5, 0.6) is 0 Å². The van der Waals surface area contributed by atoms with Gasteiger partial charge in [-0.25, -0.2) is 8.78 Å². The van der Waals surface area contributed by atoms with E-state index in [1.165, 1.54) is 46.5 Å². The highest BCUT2D eigenvalue weighted by molar-refractivity contribution is 5.99. The molecule has 0 radical (unpaired) electrons. The first kappa shape index (κ1) is 57.8. The number of ketones is 4. The molecule has 4 unspecified atom stereocenters. The highest BCUT2D eigenvalue weighted by Crippen LogP contribution is 2.43. The van der Waals surface area contributed by atoms with Gasteiger partial charge in [0.25, 0.3) is 0 Å². The number of benzene rings is 4. The molecule has 0 amide bonds. The van der Waals surface area contributed by atoms with Crippen LogP contribution in [-0.2, 0) is 0 Å². The van der Waals surface area contributed by atoms with Gasteiger partial charge in [-0.2, -0.15) is 0 Å². The molecule has 4 aromatic carbocycles. The maximum absolute atomic E-state index is 13.9. The van der Waals surface area contributed by atoms with Crippen LogP contribution in [0, 0.1) is 80.9 Å². The van der Waals surface area contributed by atoms with Crippen LogP contribution in [0.4, 0.5) is 8.78 Å². The number of hydrogen-bond acceptors (Lipinski definition) is 4. The van der Waals surface area contributed by atoms with Gasteiger partial charge in [-0.05, 0) is 201 Å². The molecule has 0 aliphatic rings. The second-order valence-electron chi connectivity index (χ2n) is 22.2. The van der Waals surface area contributed by atoms with Crippen molar-refractivity contribution in [2.75, 3.05) is 0 Å². The van der Waals surface area contributed by atoms with Crippen LogP contribution in [0.3, 0.4) is 0 Å². The first-order valence-corrected chi connectivity index (χ1v) is 27.8. The molecule has 0 saturated carbocycles. The second-order valence-corrected chi connectivity index (χ2v) is 22.2. The Hall–Kier alpha value is -8.90. The molecule has 6 aromatic heterocycles. The zero-order chi connectivity index (χ0) is 59.2. The third-order valence-corrected chi connectivity index (χ3v) is 16.6. The van der Waals surface area contributed by atoms with Crippen molar-refractivity contribution >= 4 is 23.1 Å². The summed E-state index contributed by atoms with van der Waals surface area (Å²) in [7, 11) is 0. The normalized spacial score (nSPS) is 12.9. The number of nitrogens with one attached hydrogen (secondary N) is 6. The zero-order valence-electron chi connectivity index (χ0n) is 49.2. The highest BCUT2D eigenvalue weighted by Gasteiger charge is 2.33. The number of aromatic nitrogens is 6. The maximum Gasteiger partial charge on any atom is 0.161 e. The average molecular weight is 1100 g/mol. The fourth-order valence-electron chi connectivity index (χ4n) is 13.0. The highest BCUT2D eigenvalue weighted by atomic mass is 19.1. The van der Waals surface area contributed by atoms with Gasteiger partial charge in [-0.3, -0.25) is 19.2 Å². The Morgan fingerprint density at radius 3 is 0.805 bits per heavy atom. The monoisotopic (exact) mass is 1100 g/mol. The smallest absolute Gasteiger partial charge is 0.161 e. The van der Waals surface area contributed by atoms with Gasteiger partial charge in [0.15, 0.2) is 23.1 Å². The Kier molecular flexibility index (Phi) is 16.4. The van der Waals surface area contributed by atoms with Crippen molar-refractivity contribution in [1.29, 1.82) is 0 Å². The molecule has 12 heteroatoms. The molecule has 10 aromatic rings. The summed E-state index contributed by atoms with van der Waals surface area (Å²) >= 11 is 0. The van der Waals surface area contributed by atoms with Crippen molar-refractivity contribution in [2.24, 2.45) is 0 Å². The largest absolute Gasteiger partial charge is 0.361 e. The summed E-state index contributed by atoms with van der Waals surface area (Å²) in [4.78, 5) is 71.5. The Bertz CT molecular complexity index is 3800. The lowest BCUT2D eigenvalue weighted by molar-refractivity contribution is 0.100. The number of rotatable bonds is 16. The van der Waals surface area contributed by atoms with E-state index in [9.17, 15) is 28.0 Å². The SMILES string of the molecule is CC(=O)c1c(C)[nH]c(C(c2ccc(C(c3ccccc3C)c3[nH]c(C)c(C(C)=O)c3C)[nH]2)c2ccccc2C)c1C.CC(=O)c1c(C)[nH]c(C(c2ccc(F)cc2)c2ccc(C(c3ccc(F)cc3)c3[nH]c(C)c(C(C)=O)c3C)[nH]2)c1C. The number of carbonyl (C=O) groups excluding carboxylic acids is 4. The van der Waals surface area contributed by atoms with Gasteiger partial charge in [0.2, 0.25) is 0 Å². The lowest BCUT2D eigenvalue weighted by Crippen LogP contribution is -2.11. The van der Waals surface area contributed by atoms with Crippen LogP contribution in [0.15, 0.2) is 121 Å². The van der Waals surface area contributed by atoms with E-state index < -0.39 is 0 Å². The van der Waals surface area contributed by atoms with Crippen LogP contribution in [0.25, 0.3) is 0 Å². The Labute approximate surface area is 478 Å². The number of H-pyrrole nitrogens is 6. The number of aromatic amines is 6. The molecule has 0 spiro atoms. The second kappa shape index (κ2) is 23.3. The lowest BCUT2D eigenvalue weighted by Gasteiger charge is -2.21. The number of carbonyl (C=O) groups is 4. The molecule has 4 atom stereocenters. The van der Waals surface area contributed by atoms with E-state index in [-0.39, 0.29) is 58.4 Å². The van der Waals surface area contributed by atoms with Gasteiger partial charge in [-0.15, -0.1) is 0 Å². The molecular formula is C70H72F2N6O4. The molecule has 0 bridgehead atoms. The van der Waals surface area contributed by atoms with Crippen LogP contribution < -0.4 is 0 Å². The van der Waals surface area contributed by atoms with Gasteiger partial charge < -0.3 is 29.9 Å². The number of aryl methyl sites for hydroxylation is 6. The standard InChI is InChI=1S/C36H39N3O2.C34H33F2N3O2/c1-19-13-9-11-15-27(19)33(35-21(3)31(25(7)40)23(5)37-35)29-17-18-30(39-29)34(28-16-12-10-14-20(28)2)36-22(4)32(26(8)41)24(6)38-36;1-17-29(21(5)40)19(3)37-33(17)31(23-7-11-25(35)12-8-23)27-15-16-28(39-27)32(24-9-13-26(36)14-10-24)34-18(2)30(22(6)41)20(4)38-34/h9-18,33-34,37-39H,1-8H3;7-16,31-32,37-39H,1-6H3. The van der Waals surface area contributed by atoms with Crippen molar-refractivity contribution in [2.45, 2.75) is 121 Å². The predicted octanol–water partition coefficient (Wildman–Crippen LogP) is 16.2. The van der Waals surface area contributed by atoms with Crippen molar-refractivity contribution in [3.8, 4) is 0 Å². The summed E-state index contributed by atoms with van der Waals surface area (Å²) in [6.07, 6.45) is 0. The molecule has 6 N–H and O–H groups in total. The third kappa shape index (κ3) is 10.9. The average Bonchev–Trinajstić information content (AvgIpc) is 3.40. The van der Waals surface area contributed by atoms with E-state index in [4.69, 9.17) is 0 Å². The summed E-state index contributed by atoms with van der Waals surface area (Å²) < 4.78 is 27.9. The summed E-state index contributed by atoms with van der Waals surface area (Å²) in [5.74, 6) is -1.51. The lowest BCUT2D eigenvalue weighted by atomic mass is 9.87. The summed E-state index contributed by atoms with van der Waals surface area (Å²) in [6.45, 7) is 26.2. The minimum absolute atomic E-state index is 0.0252. The van der Waals surface area contributed by atoms with Crippen molar-refractivity contribution < 1.29 is 28.0 Å². The number of Topliss-reactive ketones (excluding diaryl/α,β-unsaturated/α-hetero) is 4. The molecule has 10 nitrogen and oxygen atoms in total. The Morgan fingerprint density at radius 1 is 0.317 bits per heavy atom. The molecule has 82 heavy (non-hydrogen) atoms.